The quantitative estimate of drug-likeness (QED) is 0.735. The summed E-state index contributed by atoms with van der Waals surface area (Å²) in [5, 5.41) is 3.99. The van der Waals surface area contributed by atoms with Crippen LogP contribution in [0.3, 0.4) is 0 Å². The number of halogens is 1. The van der Waals surface area contributed by atoms with Crippen LogP contribution in [0, 0.1) is 0 Å². The van der Waals surface area contributed by atoms with Crippen LogP contribution in [-0.4, -0.2) is 9.78 Å². The van der Waals surface area contributed by atoms with Gasteiger partial charge in [0.15, 0.2) is 0 Å². The summed E-state index contributed by atoms with van der Waals surface area (Å²) in [5.41, 5.74) is 8.00. The minimum Gasteiger partial charge on any atom is -0.382 e. The lowest BCUT2D eigenvalue weighted by molar-refractivity contribution is 0.681. The van der Waals surface area contributed by atoms with Crippen LogP contribution in [0.4, 0.5) is 5.82 Å². The van der Waals surface area contributed by atoms with E-state index in [9.17, 15) is 0 Å². The molecule has 1 rings (SSSR count). The zero-order valence-corrected chi connectivity index (χ0v) is 7.04. The van der Waals surface area contributed by atoms with Crippen molar-refractivity contribution < 1.29 is 0 Å². The first-order valence-corrected chi connectivity index (χ1v) is 3.71. The van der Waals surface area contributed by atoms with Crippen molar-refractivity contribution >= 4 is 17.4 Å². The van der Waals surface area contributed by atoms with E-state index >= 15 is 0 Å². The molecule has 3 nitrogen and oxygen atoms in total. The van der Waals surface area contributed by atoms with Gasteiger partial charge >= 0.3 is 0 Å². The van der Waals surface area contributed by atoms with Crippen LogP contribution in [-0.2, 0) is 6.54 Å². The Labute approximate surface area is 70.5 Å². The third-order valence-electron chi connectivity index (χ3n) is 1.26. The summed E-state index contributed by atoms with van der Waals surface area (Å²) in [4.78, 5) is 0. The molecule has 1 heterocycles. The summed E-state index contributed by atoms with van der Waals surface area (Å²) in [6, 6.07) is 1.75. The number of nitrogens with zero attached hydrogens (tertiary/aromatic N) is 2. The standard InChI is InChI=1S/C7H10ClN3/c1-6(4-8)5-11-3-2-7(9)10-11/h2-4H,5H2,1H3,(H2,9,10)/b6-4+. The molecule has 0 aliphatic rings. The number of nitrogens with two attached hydrogens (primary N) is 1. The maximum absolute atomic E-state index is 5.47. The predicted octanol–water partition coefficient (Wildman–Crippen LogP) is 1.61. The molecule has 2 N–H and O–H groups in total. The molecule has 0 radical (unpaired) electrons. The number of rotatable bonds is 2. The van der Waals surface area contributed by atoms with Crippen molar-refractivity contribution in [1.29, 1.82) is 0 Å². The van der Waals surface area contributed by atoms with E-state index in [4.69, 9.17) is 17.3 Å². The molecule has 0 saturated carbocycles. The Kier molecular flexibility index (Phi) is 2.54. The molecule has 0 aliphatic carbocycles. The summed E-state index contributed by atoms with van der Waals surface area (Å²) >= 11 is 5.47. The molecule has 11 heavy (non-hydrogen) atoms. The van der Waals surface area contributed by atoms with Gasteiger partial charge in [-0.25, -0.2) is 0 Å². The van der Waals surface area contributed by atoms with Gasteiger partial charge in [0.1, 0.15) is 5.82 Å². The molecule has 4 heteroatoms. The van der Waals surface area contributed by atoms with E-state index in [1.807, 2.05) is 13.1 Å². The second kappa shape index (κ2) is 3.44. The molecule has 0 aliphatic heterocycles. The van der Waals surface area contributed by atoms with Crippen molar-refractivity contribution in [3.8, 4) is 0 Å². The lowest BCUT2D eigenvalue weighted by Crippen LogP contribution is -2.00. The molecule has 0 unspecified atom stereocenters. The van der Waals surface area contributed by atoms with E-state index in [2.05, 4.69) is 5.10 Å². The number of hydrogen-bond donors (Lipinski definition) is 1. The highest BCUT2D eigenvalue weighted by Gasteiger charge is 1.94. The van der Waals surface area contributed by atoms with E-state index in [0.717, 1.165) is 5.57 Å². The molecule has 0 fully saturated rings. The zero-order chi connectivity index (χ0) is 8.27. The summed E-state index contributed by atoms with van der Waals surface area (Å²) < 4.78 is 1.74. The van der Waals surface area contributed by atoms with E-state index < -0.39 is 0 Å². The fourth-order valence-corrected chi connectivity index (χ4v) is 0.824. The number of aromatic nitrogens is 2. The fourth-order valence-electron chi connectivity index (χ4n) is 0.755. The first kappa shape index (κ1) is 8.14. The summed E-state index contributed by atoms with van der Waals surface area (Å²) in [6.45, 7) is 2.63. The smallest absolute Gasteiger partial charge is 0.145 e. The number of allylic oxidation sites excluding steroid dienone is 1. The predicted molar refractivity (Wildman–Crippen MR) is 46.2 cm³/mol. The van der Waals surface area contributed by atoms with Crippen LogP contribution in [0.1, 0.15) is 6.92 Å². The maximum Gasteiger partial charge on any atom is 0.145 e. The van der Waals surface area contributed by atoms with Gasteiger partial charge in [-0.05, 0) is 18.6 Å². The molecule has 0 bridgehead atoms. The Morgan fingerprint density at radius 1 is 1.91 bits per heavy atom. The van der Waals surface area contributed by atoms with Crippen molar-refractivity contribution in [1.82, 2.24) is 9.78 Å². The van der Waals surface area contributed by atoms with Crippen molar-refractivity contribution in [2.24, 2.45) is 0 Å². The van der Waals surface area contributed by atoms with Crippen molar-refractivity contribution in [2.45, 2.75) is 13.5 Å². The molecular weight excluding hydrogens is 162 g/mol. The largest absolute Gasteiger partial charge is 0.382 e. The summed E-state index contributed by atoms with van der Waals surface area (Å²) in [6.07, 6.45) is 1.82. The van der Waals surface area contributed by atoms with Crippen LogP contribution in [0.15, 0.2) is 23.4 Å². The normalized spacial score (nSPS) is 12.0. The van der Waals surface area contributed by atoms with E-state index in [-0.39, 0.29) is 0 Å². The van der Waals surface area contributed by atoms with Crippen molar-refractivity contribution in [3.63, 3.8) is 0 Å². The lowest BCUT2D eigenvalue weighted by atomic mass is 10.3. The van der Waals surface area contributed by atoms with Gasteiger partial charge in [0.2, 0.25) is 0 Å². The summed E-state index contributed by atoms with van der Waals surface area (Å²) in [5.74, 6) is 0.535. The van der Waals surface area contributed by atoms with Crippen LogP contribution in [0.25, 0.3) is 0 Å². The van der Waals surface area contributed by atoms with Crippen LogP contribution in [0.2, 0.25) is 0 Å². The van der Waals surface area contributed by atoms with E-state index in [0.29, 0.717) is 12.4 Å². The van der Waals surface area contributed by atoms with Gasteiger partial charge in [-0.2, -0.15) is 5.10 Å². The molecule has 0 amide bonds. The highest BCUT2D eigenvalue weighted by Crippen LogP contribution is 2.02. The Hall–Kier alpha value is -0.960. The van der Waals surface area contributed by atoms with Gasteiger partial charge < -0.3 is 5.73 Å². The minimum absolute atomic E-state index is 0.535. The minimum atomic E-state index is 0.535. The van der Waals surface area contributed by atoms with Gasteiger partial charge in [0.25, 0.3) is 0 Å². The Morgan fingerprint density at radius 2 is 2.64 bits per heavy atom. The molecule has 0 saturated heterocycles. The number of nitrogen functional groups attached to an aromatic ring is 1. The highest BCUT2D eigenvalue weighted by molar-refractivity contribution is 6.25. The van der Waals surface area contributed by atoms with Crippen LogP contribution >= 0.6 is 11.6 Å². The topological polar surface area (TPSA) is 43.8 Å². The summed E-state index contributed by atoms with van der Waals surface area (Å²) in [7, 11) is 0. The molecule has 0 aromatic carbocycles. The first-order valence-electron chi connectivity index (χ1n) is 3.27. The molecule has 60 valence electrons. The Morgan fingerprint density at radius 3 is 3.09 bits per heavy atom. The average molecular weight is 172 g/mol. The maximum atomic E-state index is 5.47. The first-order chi connectivity index (χ1) is 5.22. The zero-order valence-electron chi connectivity index (χ0n) is 6.29. The highest BCUT2D eigenvalue weighted by atomic mass is 35.5. The lowest BCUT2D eigenvalue weighted by Gasteiger charge is -1.98. The second-order valence-electron chi connectivity index (χ2n) is 2.39. The molecule has 0 spiro atoms. The van der Waals surface area contributed by atoms with Crippen molar-refractivity contribution in [3.05, 3.63) is 23.4 Å². The van der Waals surface area contributed by atoms with Gasteiger partial charge in [-0.3, -0.25) is 4.68 Å². The van der Waals surface area contributed by atoms with Gasteiger partial charge in [-0.1, -0.05) is 11.6 Å². The van der Waals surface area contributed by atoms with Crippen LogP contribution < -0.4 is 5.73 Å². The van der Waals surface area contributed by atoms with Gasteiger partial charge in [0, 0.05) is 11.7 Å². The second-order valence-corrected chi connectivity index (χ2v) is 2.61. The third-order valence-corrected chi connectivity index (χ3v) is 1.63. The number of anilines is 1. The third kappa shape index (κ3) is 2.27. The van der Waals surface area contributed by atoms with Crippen LogP contribution in [0.5, 0.6) is 0 Å². The molecular formula is C7H10ClN3. The van der Waals surface area contributed by atoms with Gasteiger partial charge in [-0.15, -0.1) is 0 Å². The Bertz CT molecular complexity index is 264. The van der Waals surface area contributed by atoms with E-state index in [1.54, 1.807) is 10.7 Å². The monoisotopic (exact) mass is 171 g/mol. The van der Waals surface area contributed by atoms with Gasteiger partial charge in [0.05, 0.1) is 6.54 Å². The fraction of sp³-hybridized carbons (Fsp3) is 0.286. The van der Waals surface area contributed by atoms with E-state index in [1.165, 1.54) is 5.54 Å². The molecule has 0 atom stereocenters. The average Bonchev–Trinajstić information content (AvgIpc) is 2.35. The molecule has 1 aromatic rings. The van der Waals surface area contributed by atoms with Crippen molar-refractivity contribution in [2.75, 3.05) is 5.73 Å². The number of hydrogen-bond acceptors (Lipinski definition) is 2. The Balaban J connectivity index is 2.65. The molecule has 1 aromatic heterocycles. The SMILES string of the molecule is C/C(=C\Cl)Cn1ccc(N)n1.